The van der Waals surface area contributed by atoms with E-state index in [1.165, 1.54) is 16.7 Å². The van der Waals surface area contributed by atoms with E-state index in [0.29, 0.717) is 6.54 Å². The SMILES string of the molecule is Cc1ccc(CCNC(=O)[C@H]2CNC[C@@H]2c2cnn(C)c2)c(C)c1.Cl. The summed E-state index contributed by atoms with van der Waals surface area (Å²) in [6.45, 7) is 6.47. The number of hydrogen-bond acceptors (Lipinski definition) is 3. The van der Waals surface area contributed by atoms with Crippen molar-refractivity contribution in [2.24, 2.45) is 13.0 Å². The van der Waals surface area contributed by atoms with Gasteiger partial charge < -0.3 is 10.6 Å². The number of carbonyl (C=O) groups excluding carboxylic acids is 1. The fourth-order valence-corrected chi connectivity index (χ4v) is 3.51. The molecule has 0 spiro atoms. The van der Waals surface area contributed by atoms with E-state index in [9.17, 15) is 4.79 Å². The molecule has 136 valence electrons. The van der Waals surface area contributed by atoms with Gasteiger partial charge in [-0.05, 0) is 37.0 Å². The molecular weight excluding hydrogens is 336 g/mol. The average molecular weight is 363 g/mol. The number of rotatable bonds is 5. The number of amides is 1. The molecule has 1 aromatic heterocycles. The van der Waals surface area contributed by atoms with Gasteiger partial charge in [-0.2, -0.15) is 5.10 Å². The van der Waals surface area contributed by atoms with Gasteiger partial charge in [0.25, 0.3) is 0 Å². The lowest BCUT2D eigenvalue weighted by Crippen LogP contribution is -2.35. The molecule has 0 unspecified atom stereocenters. The lowest BCUT2D eigenvalue weighted by molar-refractivity contribution is -0.124. The Morgan fingerprint density at radius 2 is 2.16 bits per heavy atom. The zero-order valence-electron chi connectivity index (χ0n) is 15.1. The Hall–Kier alpha value is -1.85. The molecule has 2 aromatic rings. The van der Waals surface area contributed by atoms with Crippen molar-refractivity contribution >= 4 is 18.3 Å². The minimum Gasteiger partial charge on any atom is -0.355 e. The number of aryl methyl sites for hydroxylation is 3. The summed E-state index contributed by atoms with van der Waals surface area (Å²) < 4.78 is 1.79. The molecule has 25 heavy (non-hydrogen) atoms. The molecule has 0 bridgehead atoms. The topological polar surface area (TPSA) is 59.0 Å². The Balaban J connectivity index is 0.00000225. The molecule has 3 rings (SSSR count). The molecule has 2 heterocycles. The summed E-state index contributed by atoms with van der Waals surface area (Å²) >= 11 is 0. The fourth-order valence-electron chi connectivity index (χ4n) is 3.51. The number of aromatic nitrogens is 2. The van der Waals surface area contributed by atoms with Crippen LogP contribution in [0.4, 0.5) is 0 Å². The molecule has 2 N–H and O–H groups in total. The van der Waals surface area contributed by atoms with Crippen molar-refractivity contribution in [1.29, 1.82) is 0 Å². The first-order valence-electron chi connectivity index (χ1n) is 8.57. The maximum atomic E-state index is 12.6. The van der Waals surface area contributed by atoms with Gasteiger partial charge in [-0.1, -0.05) is 23.8 Å². The number of nitrogens with one attached hydrogen (secondary N) is 2. The Labute approximate surface area is 155 Å². The van der Waals surface area contributed by atoms with Gasteiger partial charge in [0.15, 0.2) is 0 Å². The number of halogens is 1. The molecule has 1 saturated heterocycles. The van der Waals surface area contributed by atoms with Crippen LogP contribution in [0.2, 0.25) is 0 Å². The monoisotopic (exact) mass is 362 g/mol. The number of benzene rings is 1. The van der Waals surface area contributed by atoms with E-state index in [4.69, 9.17) is 0 Å². The predicted octanol–water partition coefficient (Wildman–Crippen LogP) is 2.12. The second-order valence-corrected chi connectivity index (χ2v) is 6.79. The molecule has 6 heteroatoms. The summed E-state index contributed by atoms with van der Waals surface area (Å²) in [5, 5.41) is 10.7. The maximum Gasteiger partial charge on any atom is 0.225 e. The zero-order valence-corrected chi connectivity index (χ0v) is 15.9. The second kappa shape index (κ2) is 8.50. The van der Waals surface area contributed by atoms with Gasteiger partial charge in [0.05, 0.1) is 12.1 Å². The highest BCUT2D eigenvalue weighted by Gasteiger charge is 2.34. The van der Waals surface area contributed by atoms with E-state index in [2.05, 4.69) is 47.8 Å². The quantitative estimate of drug-likeness (QED) is 0.856. The van der Waals surface area contributed by atoms with Crippen LogP contribution in [0.25, 0.3) is 0 Å². The van der Waals surface area contributed by atoms with Crippen molar-refractivity contribution in [3.63, 3.8) is 0 Å². The first-order valence-corrected chi connectivity index (χ1v) is 8.57. The zero-order chi connectivity index (χ0) is 17.1. The molecular formula is C19H27ClN4O. The summed E-state index contributed by atoms with van der Waals surface area (Å²) in [5.41, 5.74) is 5.00. The van der Waals surface area contributed by atoms with Crippen LogP contribution >= 0.6 is 12.4 Å². The molecule has 1 amide bonds. The van der Waals surface area contributed by atoms with Crippen molar-refractivity contribution in [2.75, 3.05) is 19.6 Å². The van der Waals surface area contributed by atoms with Crippen LogP contribution in [0.1, 0.15) is 28.2 Å². The van der Waals surface area contributed by atoms with E-state index in [0.717, 1.165) is 25.1 Å². The lowest BCUT2D eigenvalue weighted by Gasteiger charge is -2.17. The molecule has 0 radical (unpaired) electrons. The molecule has 2 atom stereocenters. The van der Waals surface area contributed by atoms with Crippen LogP contribution in [0.5, 0.6) is 0 Å². The molecule has 1 aromatic carbocycles. The van der Waals surface area contributed by atoms with Crippen molar-refractivity contribution in [2.45, 2.75) is 26.2 Å². The maximum absolute atomic E-state index is 12.6. The molecule has 0 saturated carbocycles. The number of hydrogen-bond donors (Lipinski definition) is 2. The summed E-state index contributed by atoms with van der Waals surface area (Å²) in [6, 6.07) is 6.48. The minimum absolute atomic E-state index is 0. The van der Waals surface area contributed by atoms with Crippen LogP contribution in [-0.2, 0) is 18.3 Å². The Morgan fingerprint density at radius 3 is 2.84 bits per heavy atom. The highest BCUT2D eigenvalue weighted by molar-refractivity contribution is 5.85. The molecule has 1 aliphatic heterocycles. The summed E-state index contributed by atoms with van der Waals surface area (Å²) in [4.78, 5) is 12.6. The Kier molecular flexibility index (Phi) is 6.62. The largest absolute Gasteiger partial charge is 0.355 e. The third kappa shape index (κ3) is 4.61. The minimum atomic E-state index is -0.0201. The molecule has 1 aliphatic rings. The van der Waals surface area contributed by atoms with Crippen molar-refractivity contribution in [1.82, 2.24) is 20.4 Å². The van der Waals surface area contributed by atoms with E-state index >= 15 is 0 Å². The van der Waals surface area contributed by atoms with Crippen LogP contribution in [0.15, 0.2) is 30.6 Å². The van der Waals surface area contributed by atoms with Gasteiger partial charge in [0.2, 0.25) is 5.91 Å². The normalized spacial score (nSPS) is 19.5. The first kappa shape index (κ1) is 19.5. The summed E-state index contributed by atoms with van der Waals surface area (Å²) in [6.07, 6.45) is 4.75. The van der Waals surface area contributed by atoms with Gasteiger partial charge in [-0.3, -0.25) is 9.48 Å². The standard InChI is InChI=1S/C19H26N4O.ClH/c1-13-4-5-15(14(2)8-13)6-7-21-19(24)18-11-20-10-17(18)16-9-22-23(3)12-16;/h4-5,8-9,12,17-18,20H,6-7,10-11H2,1-3H3,(H,21,24);1H/t17-,18+;/m1./s1. The Morgan fingerprint density at radius 1 is 1.36 bits per heavy atom. The summed E-state index contributed by atoms with van der Waals surface area (Å²) in [5.74, 6) is 0.326. The Bertz CT molecular complexity index is 728. The van der Waals surface area contributed by atoms with Gasteiger partial charge >= 0.3 is 0 Å². The van der Waals surface area contributed by atoms with Gasteiger partial charge in [-0.25, -0.2) is 0 Å². The van der Waals surface area contributed by atoms with Crippen molar-refractivity contribution in [3.05, 3.63) is 52.8 Å². The van der Waals surface area contributed by atoms with Gasteiger partial charge in [0, 0.05) is 38.8 Å². The lowest BCUT2D eigenvalue weighted by atomic mass is 9.90. The molecule has 5 nitrogen and oxygen atoms in total. The third-order valence-corrected chi connectivity index (χ3v) is 4.90. The number of carbonyl (C=O) groups is 1. The van der Waals surface area contributed by atoms with E-state index < -0.39 is 0 Å². The summed E-state index contributed by atoms with van der Waals surface area (Å²) in [7, 11) is 1.91. The molecule has 1 fully saturated rings. The molecule has 0 aliphatic carbocycles. The van der Waals surface area contributed by atoms with Crippen LogP contribution in [0, 0.1) is 19.8 Å². The number of nitrogens with zero attached hydrogens (tertiary/aromatic N) is 2. The van der Waals surface area contributed by atoms with Crippen LogP contribution in [0.3, 0.4) is 0 Å². The predicted molar refractivity (Wildman–Crippen MR) is 102 cm³/mol. The highest BCUT2D eigenvalue weighted by atomic mass is 35.5. The van der Waals surface area contributed by atoms with Crippen molar-refractivity contribution < 1.29 is 4.79 Å². The highest BCUT2D eigenvalue weighted by Crippen LogP contribution is 2.27. The fraction of sp³-hybridized carbons (Fsp3) is 0.474. The van der Waals surface area contributed by atoms with Crippen molar-refractivity contribution in [3.8, 4) is 0 Å². The van der Waals surface area contributed by atoms with E-state index in [1.54, 1.807) is 4.68 Å². The first-order chi connectivity index (χ1) is 11.5. The third-order valence-electron chi connectivity index (χ3n) is 4.90. The average Bonchev–Trinajstić information content (AvgIpc) is 3.17. The van der Waals surface area contributed by atoms with Gasteiger partial charge in [0.1, 0.15) is 0 Å². The van der Waals surface area contributed by atoms with E-state index in [1.807, 2.05) is 19.4 Å². The van der Waals surface area contributed by atoms with E-state index in [-0.39, 0.29) is 30.2 Å². The van der Waals surface area contributed by atoms with Crippen LogP contribution < -0.4 is 10.6 Å². The van der Waals surface area contributed by atoms with Gasteiger partial charge in [-0.15, -0.1) is 12.4 Å². The van der Waals surface area contributed by atoms with Crippen LogP contribution in [-0.4, -0.2) is 35.3 Å². The second-order valence-electron chi connectivity index (χ2n) is 6.79. The smallest absolute Gasteiger partial charge is 0.225 e.